The van der Waals surface area contributed by atoms with Gasteiger partial charge in [-0.3, -0.25) is 4.79 Å². The maximum atomic E-state index is 12.5. The van der Waals surface area contributed by atoms with E-state index in [9.17, 15) is 9.59 Å². The third-order valence-electron chi connectivity index (χ3n) is 6.61. The van der Waals surface area contributed by atoms with Gasteiger partial charge in [0.1, 0.15) is 18.5 Å². The number of methoxy groups -OCH3 is 1. The van der Waals surface area contributed by atoms with E-state index < -0.39 is 0 Å². The zero-order valence-corrected chi connectivity index (χ0v) is 20.0. The van der Waals surface area contributed by atoms with Crippen molar-refractivity contribution in [2.45, 2.75) is 57.8 Å². The lowest BCUT2D eigenvalue weighted by atomic mass is 10.0. The molecule has 1 aromatic heterocycles. The van der Waals surface area contributed by atoms with E-state index in [-0.39, 0.29) is 36.7 Å². The number of ether oxygens (including phenoxy) is 4. The minimum atomic E-state index is -0.331. The molecule has 2 aliphatic rings. The number of hydrogen-bond acceptors (Lipinski definition) is 8. The summed E-state index contributed by atoms with van der Waals surface area (Å²) in [5.41, 5.74) is 2.22. The monoisotopic (exact) mass is 472 g/mol. The molecule has 1 aromatic carbocycles. The Kier molecular flexibility index (Phi) is 7.72. The molecule has 0 bridgehead atoms. The van der Waals surface area contributed by atoms with Crippen LogP contribution in [0.5, 0.6) is 5.75 Å². The molecule has 2 atom stereocenters. The minimum absolute atomic E-state index is 0.0904. The van der Waals surface area contributed by atoms with Crippen molar-refractivity contribution in [2.75, 3.05) is 27.4 Å². The molecule has 184 valence electrons. The van der Waals surface area contributed by atoms with Crippen LogP contribution in [0.15, 0.2) is 28.8 Å². The van der Waals surface area contributed by atoms with Gasteiger partial charge in [-0.25, -0.2) is 4.79 Å². The van der Waals surface area contributed by atoms with E-state index in [4.69, 9.17) is 23.5 Å². The van der Waals surface area contributed by atoms with Crippen LogP contribution in [0.25, 0.3) is 11.3 Å². The average molecular weight is 473 g/mol. The van der Waals surface area contributed by atoms with Crippen LogP contribution in [-0.2, 0) is 25.6 Å². The summed E-state index contributed by atoms with van der Waals surface area (Å²) in [5, 5.41) is 4.07. The SMILES string of the molecule is COC(=O)[C@@H]1COC[C@@H](Oc2ccc(-c3onc(C)c3COC(=O)N(C)C3CCCC3)cc2)C1. The molecule has 4 rings (SSSR count). The molecule has 1 aliphatic heterocycles. The summed E-state index contributed by atoms with van der Waals surface area (Å²) in [6.45, 7) is 2.68. The van der Waals surface area contributed by atoms with Crippen molar-refractivity contribution >= 4 is 12.1 Å². The molecule has 9 heteroatoms. The maximum absolute atomic E-state index is 12.5. The number of amides is 1. The fourth-order valence-electron chi connectivity index (χ4n) is 4.55. The smallest absolute Gasteiger partial charge is 0.410 e. The van der Waals surface area contributed by atoms with E-state index in [2.05, 4.69) is 5.16 Å². The average Bonchev–Trinajstić information content (AvgIpc) is 3.52. The van der Waals surface area contributed by atoms with E-state index in [1.165, 1.54) is 7.11 Å². The Morgan fingerprint density at radius 3 is 2.59 bits per heavy atom. The van der Waals surface area contributed by atoms with E-state index in [1.807, 2.05) is 31.2 Å². The van der Waals surface area contributed by atoms with Crippen molar-refractivity contribution in [1.82, 2.24) is 10.1 Å². The van der Waals surface area contributed by atoms with Crippen molar-refractivity contribution in [3.05, 3.63) is 35.5 Å². The van der Waals surface area contributed by atoms with Crippen LogP contribution in [-0.4, -0.2) is 61.6 Å². The van der Waals surface area contributed by atoms with Crippen LogP contribution in [0.2, 0.25) is 0 Å². The first-order valence-electron chi connectivity index (χ1n) is 11.7. The summed E-state index contributed by atoms with van der Waals surface area (Å²) in [7, 11) is 3.17. The highest BCUT2D eigenvalue weighted by atomic mass is 16.6. The van der Waals surface area contributed by atoms with Gasteiger partial charge >= 0.3 is 12.1 Å². The normalized spacial score (nSPS) is 20.7. The van der Waals surface area contributed by atoms with Gasteiger partial charge in [0.15, 0.2) is 5.76 Å². The summed E-state index contributed by atoms with van der Waals surface area (Å²) in [4.78, 5) is 26.0. The number of esters is 1. The molecule has 9 nitrogen and oxygen atoms in total. The number of carbonyl (C=O) groups is 2. The molecule has 1 amide bonds. The Bertz CT molecular complexity index is 982. The highest BCUT2D eigenvalue weighted by Crippen LogP contribution is 2.30. The van der Waals surface area contributed by atoms with Crippen molar-refractivity contribution in [2.24, 2.45) is 5.92 Å². The zero-order chi connectivity index (χ0) is 24.1. The lowest BCUT2D eigenvalue weighted by Crippen LogP contribution is -2.37. The van der Waals surface area contributed by atoms with E-state index in [1.54, 1.807) is 11.9 Å². The van der Waals surface area contributed by atoms with E-state index in [0.29, 0.717) is 36.8 Å². The number of carbonyl (C=O) groups excluding carboxylic acids is 2. The number of benzene rings is 1. The number of nitrogens with zero attached hydrogens (tertiary/aromatic N) is 2. The van der Waals surface area contributed by atoms with Crippen molar-refractivity contribution in [3.63, 3.8) is 0 Å². The molecule has 0 unspecified atom stereocenters. The number of hydrogen-bond donors (Lipinski definition) is 0. The maximum Gasteiger partial charge on any atom is 0.410 e. The van der Waals surface area contributed by atoms with E-state index in [0.717, 1.165) is 36.8 Å². The second-order valence-corrected chi connectivity index (χ2v) is 8.94. The van der Waals surface area contributed by atoms with Crippen LogP contribution in [0.3, 0.4) is 0 Å². The lowest BCUT2D eigenvalue weighted by molar-refractivity contribution is -0.152. The zero-order valence-electron chi connectivity index (χ0n) is 20.0. The standard InChI is InChI=1S/C25H32N2O7/c1-16-22(15-32-25(29)27(2)19-6-4-5-7-19)23(34-26-16)17-8-10-20(11-9-17)33-21-12-18(13-31-14-21)24(28)30-3/h8-11,18-19,21H,4-7,12-15H2,1-3H3/t18-,21-/m0/s1. The van der Waals surface area contributed by atoms with Gasteiger partial charge in [-0.15, -0.1) is 0 Å². The molecule has 1 saturated carbocycles. The van der Waals surface area contributed by atoms with Gasteiger partial charge in [-0.05, 0) is 44.0 Å². The third kappa shape index (κ3) is 5.52. The fraction of sp³-hybridized carbons (Fsp3) is 0.560. The fourth-order valence-corrected chi connectivity index (χ4v) is 4.55. The van der Waals surface area contributed by atoms with Gasteiger partial charge in [-0.1, -0.05) is 18.0 Å². The van der Waals surface area contributed by atoms with Gasteiger partial charge in [0.2, 0.25) is 0 Å². The molecular weight excluding hydrogens is 440 g/mol. The first-order valence-corrected chi connectivity index (χ1v) is 11.7. The third-order valence-corrected chi connectivity index (χ3v) is 6.61. The molecule has 2 heterocycles. The summed E-state index contributed by atoms with van der Waals surface area (Å²) in [5.74, 6) is 0.613. The second-order valence-electron chi connectivity index (χ2n) is 8.94. The van der Waals surface area contributed by atoms with Gasteiger partial charge in [0.05, 0.1) is 37.5 Å². The van der Waals surface area contributed by atoms with E-state index >= 15 is 0 Å². The quantitative estimate of drug-likeness (QED) is 0.555. The molecule has 2 aromatic rings. The van der Waals surface area contributed by atoms with Gasteiger partial charge < -0.3 is 28.4 Å². The highest BCUT2D eigenvalue weighted by molar-refractivity contribution is 5.72. The Balaban J connectivity index is 1.37. The Labute approximate surface area is 199 Å². The summed E-state index contributed by atoms with van der Waals surface area (Å²) in [6, 6.07) is 7.65. The first kappa shape index (κ1) is 24.1. The van der Waals surface area contributed by atoms with Gasteiger partial charge in [0.25, 0.3) is 0 Å². The predicted octanol–water partition coefficient (Wildman–Crippen LogP) is 4.12. The van der Waals surface area contributed by atoms with Crippen LogP contribution >= 0.6 is 0 Å². The topological polar surface area (TPSA) is 100 Å². The highest BCUT2D eigenvalue weighted by Gasteiger charge is 2.30. The molecule has 2 fully saturated rings. The molecule has 1 aliphatic carbocycles. The second kappa shape index (κ2) is 10.9. The molecule has 0 spiro atoms. The summed E-state index contributed by atoms with van der Waals surface area (Å²) >= 11 is 0. The molecule has 0 N–H and O–H groups in total. The number of aromatic nitrogens is 1. The largest absolute Gasteiger partial charge is 0.488 e. The molecule has 1 saturated heterocycles. The Morgan fingerprint density at radius 2 is 1.88 bits per heavy atom. The summed E-state index contributed by atoms with van der Waals surface area (Å²) < 4.78 is 27.5. The molecule has 34 heavy (non-hydrogen) atoms. The van der Waals surface area contributed by atoms with Crippen molar-refractivity contribution in [1.29, 1.82) is 0 Å². The van der Waals surface area contributed by atoms with Crippen molar-refractivity contribution < 1.29 is 33.1 Å². The van der Waals surface area contributed by atoms with Crippen molar-refractivity contribution in [3.8, 4) is 17.1 Å². The Morgan fingerprint density at radius 1 is 1.15 bits per heavy atom. The molecular formula is C25H32N2O7. The van der Waals surface area contributed by atoms with Gasteiger partial charge in [-0.2, -0.15) is 0 Å². The molecule has 0 radical (unpaired) electrons. The minimum Gasteiger partial charge on any atom is -0.488 e. The van der Waals surface area contributed by atoms with Crippen LogP contribution in [0.1, 0.15) is 43.4 Å². The Hall–Kier alpha value is -3.07. The van der Waals surface area contributed by atoms with Gasteiger partial charge in [0, 0.05) is 25.1 Å². The van der Waals surface area contributed by atoms with Crippen LogP contribution in [0.4, 0.5) is 4.79 Å². The summed E-state index contributed by atoms with van der Waals surface area (Å²) in [6.07, 6.45) is 4.32. The van der Waals surface area contributed by atoms with Crippen LogP contribution in [0, 0.1) is 12.8 Å². The first-order chi connectivity index (χ1) is 16.5. The predicted molar refractivity (Wildman–Crippen MR) is 122 cm³/mol. The lowest BCUT2D eigenvalue weighted by Gasteiger charge is -2.28. The number of aryl methyl sites for hydroxylation is 1. The number of rotatable bonds is 7. The van der Waals surface area contributed by atoms with Crippen LogP contribution < -0.4 is 4.74 Å².